The molecule has 0 aliphatic carbocycles. The molecule has 2 rings (SSSR count). The van der Waals surface area contributed by atoms with Crippen molar-refractivity contribution in [3.63, 3.8) is 0 Å². The number of halogens is 1. The van der Waals surface area contributed by atoms with Gasteiger partial charge in [-0.25, -0.2) is 8.42 Å². The lowest BCUT2D eigenvalue weighted by Gasteiger charge is -2.19. The van der Waals surface area contributed by atoms with Crippen molar-refractivity contribution in [3.05, 3.63) is 53.6 Å². The Morgan fingerprint density at radius 2 is 1.76 bits per heavy atom. The lowest BCUT2D eigenvalue weighted by Crippen LogP contribution is -2.30. The van der Waals surface area contributed by atoms with E-state index in [0.29, 0.717) is 19.7 Å². The van der Waals surface area contributed by atoms with Crippen LogP contribution in [0.1, 0.15) is 13.8 Å². The molecule has 7 nitrogen and oxygen atoms in total. The molecule has 0 aromatic heterocycles. The maximum Gasteiger partial charge on any atom is 0.250 e. The number of benzene rings is 2. The van der Waals surface area contributed by atoms with Crippen LogP contribution in [0.2, 0.25) is 5.02 Å². The SMILES string of the molecule is CCN(CC)S(=O)(=O)c1ccc(Cl)c(NC(=O)COCCOc2ccccc2)c1. The second-order valence-electron chi connectivity index (χ2n) is 5.99. The summed E-state index contributed by atoms with van der Waals surface area (Å²) < 4.78 is 37.4. The third kappa shape index (κ3) is 6.71. The van der Waals surface area contributed by atoms with E-state index in [1.165, 1.54) is 22.5 Å². The number of hydrogen-bond donors (Lipinski definition) is 1. The minimum absolute atomic E-state index is 0.0677. The second-order valence-corrected chi connectivity index (χ2v) is 8.34. The predicted octanol–water partition coefficient (Wildman–Crippen LogP) is 3.40. The minimum atomic E-state index is -3.65. The topological polar surface area (TPSA) is 84.9 Å². The lowest BCUT2D eigenvalue weighted by molar-refractivity contribution is -0.120. The van der Waals surface area contributed by atoms with Crippen LogP contribution in [-0.2, 0) is 19.6 Å². The van der Waals surface area contributed by atoms with Crippen molar-refractivity contribution in [1.82, 2.24) is 4.31 Å². The van der Waals surface area contributed by atoms with Crippen LogP contribution in [0.4, 0.5) is 5.69 Å². The van der Waals surface area contributed by atoms with Gasteiger partial charge >= 0.3 is 0 Å². The number of para-hydroxylation sites is 1. The van der Waals surface area contributed by atoms with Gasteiger partial charge in [-0.1, -0.05) is 43.6 Å². The van der Waals surface area contributed by atoms with Crippen molar-refractivity contribution in [3.8, 4) is 5.75 Å². The Kier molecular flexibility index (Phi) is 8.91. The van der Waals surface area contributed by atoms with Gasteiger partial charge in [-0.15, -0.1) is 0 Å². The number of ether oxygens (including phenoxy) is 2. The van der Waals surface area contributed by atoms with Gasteiger partial charge in [0.05, 0.1) is 22.2 Å². The maximum absolute atomic E-state index is 12.6. The molecular weight excluding hydrogens is 416 g/mol. The zero-order valence-electron chi connectivity index (χ0n) is 16.4. The summed E-state index contributed by atoms with van der Waals surface area (Å²) in [6, 6.07) is 13.5. The average Bonchev–Trinajstić information content (AvgIpc) is 2.70. The average molecular weight is 441 g/mol. The molecule has 1 amide bonds. The highest BCUT2D eigenvalue weighted by molar-refractivity contribution is 7.89. The van der Waals surface area contributed by atoms with E-state index < -0.39 is 15.9 Å². The quantitative estimate of drug-likeness (QED) is 0.541. The molecule has 0 fully saturated rings. The monoisotopic (exact) mass is 440 g/mol. The van der Waals surface area contributed by atoms with Gasteiger partial charge in [0.25, 0.3) is 0 Å². The van der Waals surface area contributed by atoms with E-state index in [4.69, 9.17) is 21.1 Å². The van der Waals surface area contributed by atoms with Crippen molar-refractivity contribution in [2.24, 2.45) is 0 Å². The van der Waals surface area contributed by atoms with E-state index >= 15 is 0 Å². The number of anilines is 1. The number of nitrogens with zero attached hydrogens (tertiary/aromatic N) is 1. The van der Waals surface area contributed by atoms with Gasteiger partial charge in [0.1, 0.15) is 19.0 Å². The van der Waals surface area contributed by atoms with E-state index in [2.05, 4.69) is 5.32 Å². The summed E-state index contributed by atoms with van der Waals surface area (Å²) in [6.07, 6.45) is 0. The summed E-state index contributed by atoms with van der Waals surface area (Å²) >= 11 is 6.11. The summed E-state index contributed by atoms with van der Waals surface area (Å²) in [7, 11) is -3.65. The van der Waals surface area contributed by atoms with Crippen LogP contribution in [0.25, 0.3) is 0 Å². The fourth-order valence-corrected chi connectivity index (χ4v) is 4.21. The van der Waals surface area contributed by atoms with Crippen molar-refractivity contribution in [2.45, 2.75) is 18.7 Å². The number of rotatable bonds is 11. The van der Waals surface area contributed by atoms with Crippen LogP contribution in [0.3, 0.4) is 0 Å². The Bertz CT molecular complexity index is 902. The number of carbonyl (C=O) groups excluding carboxylic acids is 1. The third-order valence-corrected chi connectivity index (χ3v) is 6.40. The van der Waals surface area contributed by atoms with Gasteiger partial charge in [0.2, 0.25) is 15.9 Å². The van der Waals surface area contributed by atoms with Crippen LogP contribution in [0.15, 0.2) is 53.4 Å². The van der Waals surface area contributed by atoms with Crippen molar-refractivity contribution in [1.29, 1.82) is 0 Å². The first-order valence-electron chi connectivity index (χ1n) is 9.23. The van der Waals surface area contributed by atoms with E-state index in [9.17, 15) is 13.2 Å². The number of carbonyl (C=O) groups is 1. The number of sulfonamides is 1. The molecule has 0 aliphatic rings. The second kappa shape index (κ2) is 11.2. The summed E-state index contributed by atoms with van der Waals surface area (Å²) in [5, 5.41) is 2.83. The highest BCUT2D eigenvalue weighted by Crippen LogP contribution is 2.27. The standard InChI is InChI=1S/C20H25ClN2O5S/c1-3-23(4-2)29(25,26)17-10-11-18(21)19(14-17)22-20(24)15-27-12-13-28-16-8-6-5-7-9-16/h5-11,14H,3-4,12-13,15H2,1-2H3,(H,22,24). The molecule has 1 N–H and O–H groups in total. The Balaban J connectivity index is 1.89. The molecule has 0 bridgehead atoms. The molecular formula is C20H25ClN2O5S. The van der Waals surface area contributed by atoms with E-state index in [1.54, 1.807) is 13.8 Å². The van der Waals surface area contributed by atoms with E-state index in [0.717, 1.165) is 5.75 Å². The Hall–Kier alpha value is -2.13. The normalized spacial score (nSPS) is 11.4. The largest absolute Gasteiger partial charge is 0.491 e. The molecule has 0 saturated heterocycles. The third-order valence-electron chi connectivity index (χ3n) is 4.03. The van der Waals surface area contributed by atoms with Crippen LogP contribution < -0.4 is 10.1 Å². The number of hydrogen-bond acceptors (Lipinski definition) is 5. The van der Waals surface area contributed by atoms with E-state index in [1.807, 2.05) is 30.3 Å². The highest BCUT2D eigenvalue weighted by Gasteiger charge is 2.22. The van der Waals surface area contributed by atoms with Crippen LogP contribution in [0.5, 0.6) is 5.75 Å². The summed E-state index contributed by atoms with van der Waals surface area (Å²) in [6.45, 7) is 4.55. The molecule has 0 atom stereocenters. The van der Waals surface area contributed by atoms with Crippen molar-refractivity contribution < 1.29 is 22.7 Å². The molecule has 2 aromatic rings. The maximum atomic E-state index is 12.6. The molecule has 158 valence electrons. The predicted molar refractivity (Wildman–Crippen MR) is 113 cm³/mol. The molecule has 29 heavy (non-hydrogen) atoms. The minimum Gasteiger partial charge on any atom is -0.491 e. The van der Waals surface area contributed by atoms with Crippen LogP contribution in [0, 0.1) is 0 Å². The first-order chi connectivity index (χ1) is 13.9. The Labute approximate surface area is 176 Å². The number of nitrogens with one attached hydrogen (secondary N) is 1. The Morgan fingerprint density at radius 3 is 2.41 bits per heavy atom. The smallest absolute Gasteiger partial charge is 0.250 e. The van der Waals surface area contributed by atoms with Crippen LogP contribution >= 0.6 is 11.6 Å². The zero-order chi connectivity index (χ0) is 21.3. The van der Waals surface area contributed by atoms with Gasteiger partial charge in [0, 0.05) is 13.1 Å². The first-order valence-corrected chi connectivity index (χ1v) is 11.1. The summed E-state index contributed by atoms with van der Waals surface area (Å²) in [5.41, 5.74) is 0.217. The van der Waals surface area contributed by atoms with Gasteiger partial charge < -0.3 is 14.8 Å². The Morgan fingerprint density at radius 1 is 1.07 bits per heavy atom. The zero-order valence-corrected chi connectivity index (χ0v) is 18.0. The highest BCUT2D eigenvalue weighted by atomic mass is 35.5. The number of amides is 1. The summed E-state index contributed by atoms with van der Waals surface area (Å²) in [4.78, 5) is 12.2. The van der Waals surface area contributed by atoms with Gasteiger partial charge in [-0.2, -0.15) is 4.31 Å². The first kappa shape index (κ1) is 23.2. The molecule has 0 saturated carbocycles. The van der Waals surface area contributed by atoms with Crippen molar-refractivity contribution in [2.75, 3.05) is 38.2 Å². The molecule has 0 heterocycles. The molecule has 2 aromatic carbocycles. The molecule has 0 spiro atoms. The summed E-state index contributed by atoms with van der Waals surface area (Å²) in [5.74, 6) is 0.280. The fourth-order valence-electron chi connectivity index (χ4n) is 2.56. The van der Waals surface area contributed by atoms with Crippen molar-refractivity contribution >= 4 is 33.2 Å². The van der Waals surface area contributed by atoms with E-state index in [-0.39, 0.29) is 28.8 Å². The van der Waals surface area contributed by atoms with Gasteiger partial charge in [0.15, 0.2) is 0 Å². The van der Waals surface area contributed by atoms with Crippen LogP contribution in [-0.4, -0.2) is 51.5 Å². The fraction of sp³-hybridized carbons (Fsp3) is 0.350. The van der Waals surface area contributed by atoms with Gasteiger partial charge in [-0.3, -0.25) is 4.79 Å². The lowest BCUT2D eigenvalue weighted by atomic mass is 10.3. The molecule has 0 unspecified atom stereocenters. The van der Waals surface area contributed by atoms with Gasteiger partial charge in [-0.05, 0) is 30.3 Å². The molecule has 0 radical (unpaired) electrons. The molecule has 0 aliphatic heterocycles. The molecule has 9 heteroatoms.